The predicted molar refractivity (Wildman–Crippen MR) is 77.6 cm³/mol. The molecular formula is C16H21NO4. The average Bonchev–Trinajstić information content (AvgIpc) is 2.80. The van der Waals surface area contributed by atoms with Gasteiger partial charge in [0, 0.05) is 6.42 Å². The molecule has 2 rings (SSSR count). The van der Waals surface area contributed by atoms with Gasteiger partial charge in [0.1, 0.15) is 12.7 Å². The van der Waals surface area contributed by atoms with Gasteiger partial charge in [0.25, 0.3) is 0 Å². The fourth-order valence-corrected chi connectivity index (χ4v) is 2.30. The van der Waals surface area contributed by atoms with Crippen LogP contribution in [-0.2, 0) is 20.9 Å². The first-order valence-electron chi connectivity index (χ1n) is 7.32. The Balaban J connectivity index is 1.56. The van der Waals surface area contributed by atoms with Gasteiger partial charge in [-0.15, -0.1) is 0 Å². The summed E-state index contributed by atoms with van der Waals surface area (Å²) in [6.45, 7) is 2.19. The smallest absolute Gasteiger partial charge is 0.407 e. The number of hydrogen-bond donors (Lipinski definition) is 1. The van der Waals surface area contributed by atoms with Gasteiger partial charge in [-0.25, -0.2) is 4.79 Å². The highest BCUT2D eigenvalue weighted by Crippen LogP contribution is 2.15. The van der Waals surface area contributed by atoms with Gasteiger partial charge in [0.15, 0.2) is 0 Å². The first kappa shape index (κ1) is 15.4. The molecule has 1 aromatic rings. The van der Waals surface area contributed by atoms with Crippen LogP contribution < -0.4 is 5.32 Å². The van der Waals surface area contributed by atoms with E-state index >= 15 is 0 Å². The molecule has 114 valence electrons. The Bertz CT molecular complexity index is 474. The Kier molecular flexibility index (Phi) is 5.60. The average molecular weight is 291 g/mol. The van der Waals surface area contributed by atoms with Crippen LogP contribution in [0, 0.1) is 0 Å². The zero-order valence-electron chi connectivity index (χ0n) is 12.2. The van der Waals surface area contributed by atoms with E-state index in [2.05, 4.69) is 5.32 Å². The fourth-order valence-electron chi connectivity index (χ4n) is 2.30. The van der Waals surface area contributed by atoms with Crippen molar-refractivity contribution in [3.05, 3.63) is 35.9 Å². The number of unbranched alkanes of at least 4 members (excludes halogenated alkanes) is 1. The number of benzene rings is 1. The Hall–Kier alpha value is -2.04. The van der Waals surface area contributed by atoms with Crippen molar-refractivity contribution >= 4 is 12.1 Å². The number of esters is 1. The van der Waals surface area contributed by atoms with Gasteiger partial charge in [-0.3, -0.25) is 4.79 Å². The summed E-state index contributed by atoms with van der Waals surface area (Å²) < 4.78 is 10.2. The third-order valence-corrected chi connectivity index (χ3v) is 3.55. The van der Waals surface area contributed by atoms with E-state index in [9.17, 15) is 9.59 Å². The van der Waals surface area contributed by atoms with E-state index < -0.39 is 0 Å². The van der Waals surface area contributed by atoms with Crippen molar-refractivity contribution in [2.75, 3.05) is 0 Å². The Labute approximate surface area is 124 Å². The summed E-state index contributed by atoms with van der Waals surface area (Å²) in [5.74, 6) is -0.182. The lowest BCUT2D eigenvalue weighted by molar-refractivity contribution is -0.145. The van der Waals surface area contributed by atoms with E-state index in [1.165, 1.54) is 0 Å². The predicted octanol–water partition coefficient (Wildman–Crippen LogP) is 2.79. The maximum Gasteiger partial charge on any atom is 0.407 e. The SMILES string of the molecule is C[C@H]1OC(=O)N[C@H]1CCCCC(=O)OCc1ccccc1. The van der Waals surface area contributed by atoms with Gasteiger partial charge in [0.2, 0.25) is 0 Å². The van der Waals surface area contributed by atoms with Crippen molar-refractivity contribution in [3.8, 4) is 0 Å². The molecule has 2 atom stereocenters. The second-order valence-corrected chi connectivity index (χ2v) is 5.25. The molecule has 1 fully saturated rings. The van der Waals surface area contributed by atoms with Gasteiger partial charge in [0.05, 0.1) is 6.04 Å². The minimum Gasteiger partial charge on any atom is -0.461 e. The summed E-state index contributed by atoms with van der Waals surface area (Å²) in [5, 5.41) is 2.76. The highest BCUT2D eigenvalue weighted by molar-refractivity contribution is 5.70. The second kappa shape index (κ2) is 7.67. The molecule has 5 nitrogen and oxygen atoms in total. The number of alkyl carbamates (subject to hydrolysis) is 1. The number of nitrogens with one attached hydrogen (secondary N) is 1. The number of hydrogen-bond acceptors (Lipinski definition) is 4. The maximum absolute atomic E-state index is 11.6. The van der Waals surface area contributed by atoms with Crippen molar-refractivity contribution in [2.45, 2.75) is 51.4 Å². The van der Waals surface area contributed by atoms with Gasteiger partial charge in [-0.1, -0.05) is 36.8 Å². The Morgan fingerprint density at radius 1 is 1.29 bits per heavy atom. The molecule has 1 heterocycles. The second-order valence-electron chi connectivity index (χ2n) is 5.25. The molecular weight excluding hydrogens is 270 g/mol. The maximum atomic E-state index is 11.6. The molecule has 1 aliphatic heterocycles. The van der Waals surface area contributed by atoms with Crippen LogP contribution >= 0.6 is 0 Å². The zero-order valence-corrected chi connectivity index (χ0v) is 12.2. The molecule has 1 N–H and O–H groups in total. The van der Waals surface area contributed by atoms with Crippen LogP contribution in [0.4, 0.5) is 4.79 Å². The molecule has 1 amide bonds. The number of amides is 1. The molecule has 1 saturated heterocycles. The summed E-state index contributed by atoms with van der Waals surface area (Å²) in [6, 6.07) is 9.68. The first-order chi connectivity index (χ1) is 10.1. The van der Waals surface area contributed by atoms with Gasteiger partial charge < -0.3 is 14.8 Å². The van der Waals surface area contributed by atoms with E-state index in [-0.39, 0.29) is 24.2 Å². The molecule has 0 unspecified atom stereocenters. The normalized spacial score (nSPS) is 20.7. The Morgan fingerprint density at radius 3 is 2.71 bits per heavy atom. The van der Waals surface area contributed by atoms with Crippen LogP contribution in [-0.4, -0.2) is 24.2 Å². The summed E-state index contributed by atoms with van der Waals surface area (Å²) in [7, 11) is 0. The van der Waals surface area contributed by atoms with Crippen molar-refractivity contribution in [1.82, 2.24) is 5.32 Å². The topological polar surface area (TPSA) is 64.6 Å². The third-order valence-electron chi connectivity index (χ3n) is 3.55. The lowest BCUT2D eigenvalue weighted by Gasteiger charge is -2.11. The molecule has 5 heteroatoms. The molecule has 0 bridgehead atoms. The van der Waals surface area contributed by atoms with Crippen LogP contribution in [0.3, 0.4) is 0 Å². The largest absolute Gasteiger partial charge is 0.461 e. The van der Waals surface area contributed by atoms with Crippen molar-refractivity contribution in [2.24, 2.45) is 0 Å². The number of ether oxygens (including phenoxy) is 2. The van der Waals surface area contributed by atoms with Crippen LogP contribution in [0.15, 0.2) is 30.3 Å². The lowest BCUT2D eigenvalue weighted by Crippen LogP contribution is -2.29. The van der Waals surface area contributed by atoms with E-state index in [1.807, 2.05) is 37.3 Å². The number of cyclic esters (lactones) is 1. The summed E-state index contributed by atoms with van der Waals surface area (Å²) in [4.78, 5) is 22.6. The number of carbonyl (C=O) groups is 2. The lowest BCUT2D eigenvalue weighted by atomic mass is 10.1. The number of rotatable bonds is 7. The zero-order chi connectivity index (χ0) is 15.1. The van der Waals surface area contributed by atoms with Gasteiger partial charge in [-0.2, -0.15) is 0 Å². The van der Waals surface area contributed by atoms with Crippen LogP contribution in [0.2, 0.25) is 0 Å². The molecule has 0 saturated carbocycles. The van der Waals surface area contributed by atoms with Crippen molar-refractivity contribution in [3.63, 3.8) is 0 Å². The molecule has 1 aliphatic rings. The van der Waals surface area contributed by atoms with E-state index in [0.29, 0.717) is 13.0 Å². The minimum atomic E-state index is -0.352. The molecule has 0 aromatic heterocycles. The monoisotopic (exact) mass is 291 g/mol. The molecule has 1 aromatic carbocycles. The van der Waals surface area contributed by atoms with Crippen LogP contribution in [0.25, 0.3) is 0 Å². The van der Waals surface area contributed by atoms with E-state index in [1.54, 1.807) is 0 Å². The number of carbonyl (C=O) groups excluding carboxylic acids is 2. The van der Waals surface area contributed by atoms with Gasteiger partial charge in [-0.05, 0) is 25.3 Å². The minimum absolute atomic E-state index is 0.0536. The summed E-state index contributed by atoms with van der Waals surface area (Å²) in [5.41, 5.74) is 0.991. The highest BCUT2D eigenvalue weighted by Gasteiger charge is 2.29. The molecule has 0 radical (unpaired) electrons. The Morgan fingerprint density at radius 2 is 2.05 bits per heavy atom. The van der Waals surface area contributed by atoms with E-state index in [4.69, 9.17) is 9.47 Å². The van der Waals surface area contributed by atoms with Crippen LogP contribution in [0.1, 0.15) is 38.2 Å². The molecule has 0 spiro atoms. The molecule has 21 heavy (non-hydrogen) atoms. The molecule has 0 aliphatic carbocycles. The first-order valence-corrected chi connectivity index (χ1v) is 7.32. The summed E-state index contributed by atoms with van der Waals surface area (Å²) in [6.07, 6.45) is 2.39. The third kappa shape index (κ3) is 5.10. The van der Waals surface area contributed by atoms with Crippen molar-refractivity contribution < 1.29 is 19.1 Å². The quantitative estimate of drug-likeness (QED) is 0.619. The fraction of sp³-hybridized carbons (Fsp3) is 0.500. The standard InChI is InChI=1S/C16H21NO4/c1-12-14(17-16(19)21-12)9-5-6-10-15(18)20-11-13-7-3-2-4-8-13/h2-4,7-8,12,14H,5-6,9-11H2,1H3,(H,17,19)/t12-,14+/m1/s1. The van der Waals surface area contributed by atoms with Crippen molar-refractivity contribution in [1.29, 1.82) is 0 Å². The van der Waals surface area contributed by atoms with Gasteiger partial charge >= 0.3 is 12.1 Å². The highest BCUT2D eigenvalue weighted by atomic mass is 16.6. The van der Waals surface area contributed by atoms with Crippen LogP contribution in [0.5, 0.6) is 0 Å². The summed E-state index contributed by atoms with van der Waals surface area (Å²) >= 11 is 0. The van der Waals surface area contributed by atoms with E-state index in [0.717, 1.165) is 24.8 Å².